The molecule has 12 nitrogen and oxygen atoms in total. The topological polar surface area (TPSA) is 138 Å². The molecule has 4 aromatic heterocycles. The summed E-state index contributed by atoms with van der Waals surface area (Å²) in [7, 11) is 0. The summed E-state index contributed by atoms with van der Waals surface area (Å²) in [6.07, 6.45) is 3.32. The molecule has 0 radical (unpaired) electrons. The van der Waals surface area contributed by atoms with E-state index < -0.39 is 0 Å². The summed E-state index contributed by atoms with van der Waals surface area (Å²) in [5.41, 5.74) is 1.85. The highest BCUT2D eigenvalue weighted by molar-refractivity contribution is 5.89. The number of aromatic nitrogens is 7. The average molecular weight is 420 g/mol. The largest absolute Gasteiger partial charge is 0.378 e. The molecule has 0 aliphatic carbocycles. The van der Waals surface area contributed by atoms with E-state index in [4.69, 9.17) is 4.74 Å². The van der Waals surface area contributed by atoms with Gasteiger partial charge in [0.15, 0.2) is 11.5 Å². The summed E-state index contributed by atoms with van der Waals surface area (Å²) in [5.74, 6) is 2.13. The number of carbonyl (C=O) groups is 1. The number of morpholine rings is 1. The summed E-state index contributed by atoms with van der Waals surface area (Å²) in [6.45, 7) is 3.90. The third kappa shape index (κ3) is 3.88. The minimum Gasteiger partial charge on any atom is -0.378 e. The van der Waals surface area contributed by atoms with E-state index >= 15 is 0 Å². The van der Waals surface area contributed by atoms with Crippen molar-refractivity contribution in [1.82, 2.24) is 39.7 Å². The molecular weight excluding hydrogens is 400 g/mol. The minimum atomic E-state index is -0.223. The molecule has 31 heavy (non-hydrogen) atoms. The minimum absolute atomic E-state index is 0.223. The molecule has 0 aromatic carbocycles. The Kier molecular flexibility index (Phi) is 4.88. The number of urea groups is 1. The number of nitrogens with zero attached hydrogens (tertiary/aromatic N) is 7. The molecule has 5 rings (SSSR count). The van der Waals surface area contributed by atoms with E-state index in [1.165, 1.54) is 0 Å². The number of rotatable bonds is 4. The number of imidazole rings is 1. The first-order valence-electron chi connectivity index (χ1n) is 9.77. The van der Waals surface area contributed by atoms with E-state index in [9.17, 15) is 4.79 Å². The van der Waals surface area contributed by atoms with Crippen LogP contribution in [0, 0.1) is 6.92 Å². The number of amides is 2. The highest BCUT2D eigenvalue weighted by atomic mass is 16.5. The first kappa shape index (κ1) is 18.9. The quantitative estimate of drug-likeness (QED) is 0.454. The van der Waals surface area contributed by atoms with E-state index in [2.05, 4.69) is 40.9 Å². The Balaban J connectivity index is 1.53. The Bertz CT molecular complexity index is 1210. The smallest absolute Gasteiger partial charge is 0.323 e. The van der Waals surface area contributed by atoms with Crippen LogP contribution in [0.3, 0.4) is 0 Å². The van der Waals surface area contributed by atoms with Crippen molar-refractivity contribution in [2.45, 2.75) is 6.92 Å². The van der Waals surface area contributed by atoms with Gasteiger partial charge in [-0.2, -0.15) is 10.2 Å². The fraction of sp³-hybridized carbons (Fsp3) is 0.263. The third-order valence-electron chi connectivity index (χ3n) is 4.76. The zero-order chi connectivity index (χ0) is 21.2. The van der Waals surface area contributed by atoms with Crippen LogP contribution >= 0.6 is 0 Å². The van der Waals surface area contributed by atoms with Crippen molar-refractivity contribution in [3.63, 3.8) is 0 Å². The molecule has 1 fully saturated rings. The molecule has 0 unspecified atom stereocenters. The maximum Gasteiger partial charge on any atom is 0.323 e. The third-order valence-corrected chi connectivity index (χ3v) is 4.76. The molecule has 2 amide bonds. The number of aromatic amines is 1. The molecule has 3 N–H and O–H groups in total. The highest BCUT2D eigenvalue weighted by Crippen LogP contribution is 2.30. The number of fused-ring (bicyclic) bond motifs is 1. The van der Waals surface area contributed by atoms with Crippen LogP contribution in [0.5, 0.6) is 0 Å². The molecule has 1 saturated heterocycles. The molecule has 4 aromatic rings. The van der Waals surface area contributed by atoms with Gasteiger partial charge in [0.25, 0.3) is 0 Å². The molecule has 1 aliphatic heterocycles. The number of H-pyrrole nitrogens is 1. The number of hydrogen-bond donors (Lipinski definition) is 3. The summed E-state index contributed by atoms with van der Waals surface area (Å²) in [5, 5.41) is 17.3. The van der Waals surface area contributed by atoms with Crippen molar-refractivity contribution in [2.24, 2.45) is 0 Å². The lowest BCUT2D eigenvalue weighted by atomic mass is 10.2. The van der Waals surface area contributed by atoms with Crippen LogP contribution in [0.4, 0.5) is 22.2 Å². The highest BCUT2D eigenvalue weighted by Gasteiger charge is 2.21. The van der Waals surface area contributed by atoms with Crippen LogP contribution < -0.4 is 10.6 Å². The van der Waals surface area contributed by atoms with Crippen molar-refractivity contribution in [1.29, 1.82) is 0 Å². The van der Waals surface area contributed by atoms with Gasteiger partial charge in [0.1, 0.15) is 23.2 Å². The van der Waals surface area contributed by atoms with Gasteiger partial charge in [0.05, 0.1) is 25.1 Å². The second-order valence-electron chi connectivity index (χ2n) is 6.91. The number of hydrogen-bond acceptors (Lipinski definition) is 8. The normalized spacial score (nSPS) is 14.0. The average Bonchev–Trinajstić information content (AvgIpc) is 3.41. The Hall–Kier alpha value is -4.06. The number of nitrogens with one attached hydrogen (secondary N) is 3. The van der Waals surface area contributed by atoms with Gasteiger partial charge in [-0.1, -0.05) is 0 Å². The van der Waals surface area contributed by atoms with Gasteiger partial charge < -0.3 is 15.0 Å². The van der Waals surface area contributed by atoms with Crippen molar-refractivity contribution in [3.05, 3.63) is 42.5 Å². The van der Waals surface area contributed by atoms with Crippen molar-refractivity contribution in [2.75, 3.05) is 36.9 Å². The zero-order valence-electron chi connectivity index (χ0n) is 16.7. The van der Waals surface area contributed by atoms with Gasteiger partial charge in [-0.05, 0) is 19.1 Å². The molecule has 12 heteroatoms. The van der Waals surface area contributed by atoms with Gasteiger partial charge in [0, 0.05) is 31.4 Å². The molecule has 0 bridgehead atoms. The maximum atomic E-state index is 12.6. The van der Waals surface area contributed by atoms with Gasteiger partial charge >= 0.3 is 6.03 Å². The Morgan fingerprint density at radius 3 is 2.84 bits per heavy atom. The standard InChI is InChI=1S/C19H20N10O2/c1-12-22-13(11-15(23-12)25-19(30)28-7-9-31-10-8-28)17-18(24-14-4-6-20-27-14)26-16-3-2-5-21-29(16)17/h2-6,11H,7-10H2,1H3,(H2,20,24,27)(H,22,23,25,30). The van der Waals surface area contributed by atoms with Crippen LogP contribution in [-0.2, 0) is 4.74 Å². The van der Waals surface area contributed by atoms with Crippen molar-refractivity contribution in [3.8, 4) is 11.4 Å². The predicted octanol–water partition coefficient (Wildman–Crippen LogP) is 1.83. The van der Waals surface area contributed by atoms with E-state index in [0.29, 0.717) is 66.6 Å². The number of anilines is 3. The van der Waals surface area contributed by atoms with Crippen LogP contribution in [0.25, 0.3) is 17.0 Å². The molecule has 0 spiro atoms. The van der Waals surface area contributed by atoms with E-state index in [1.807, 2.05) is 12.1 Å². The second-order valence-corrected chi connectivity index (χ2v) is 6.91. The lowest BCUT2D eigenvalue weighted by Crippen LogP contribution is -2.43. The summed E-state index contributed by atoms with van der Waals surface area (Å²) in [6, 6.07) is 6.94. The van der Waals surface area contributed by atoms with Crippen molar-refractivity contribution >= 4 is 29.1 Å². The zero-order valence-corrected chi connectivity index (χ0v) is 16.7. The lowest BCUT2D eigenvalue weighted by molar-refractivity contribution is 0.0564. The number of ether oxygens (including phenoxy) is 1. The second kappa shape index (κ2) is 7.99. The molecule has 0 saturated carbocycles. The molecule has 5 heterocycles. The number of aryl methyl sites for hydroxylation is 1. The van der Waals surface area contributed by atoms with Gasteiger partial charge in [-0.15, -0.1) is 0 Å². The van der Waals surface area contributed by atoms with Gasteiger partial charge in [-0.25, -0.2) is 24.3 Å². The number of carbonyl (C=O) groups excluding carboxylic acids is 1. The van der Waals surface area contributed by atoms with Crippen molar-refractivity contribution < 1.29 is 9.53 Å². The van der Waals surface area contributed by atoms with E-state index in [0.717, 1.165) is 0 Å². The van der Waals surface area contributed by atoms with Gasteiger partial charge in [-0.3, -0.25) is 10.4 Å². The van der Waals surface area contributed by atoms with Crippen LogP contribution in [0.1, 0.15) is 5.82 Å². The summed E-state index contributed by atoms with van der Waals surface area (Å²) >= 11 is 0. The van der Waals surface area contributed by atoms with E-state index in [1.54, 1.807) is 40.9 Å². The first-order valence-corrected chi connectivity index (χ1v) is 9.77. The fourth-order valence-corrected chi connectivity index (χ4v) is 3.37. The lowest BCUT2D eigenvalue weighted by Gasteiger charge is -2.26. The summed E-state index contributed by atoms with van der Waals surface area (Å²) in [4.78, 5) is 27.9. The Morgan fingerprint density at radius 2 is 2.03 bits per heavy atom. The van der Waals surface area contributed by atoms with Crippen LogP contribution in [0.15, 0.2) is 36.7 Å². The predicted molar refractivity (Wildman–Crippen MR) is 112 cm³/mol. The van der Waals surface area contributed by atoms with E-state index in [-0.39, 0.29) is 6.03 Å². The van der Waals surface area contributed by atoms with Gasteiger partial charge in [0.2, 0.25) is 0 Å². The fourth-order valence-electron chi connectivity index (χ4n) is 3.37. The first-order chi connectivity index (χ1) is 15.2. The molecular formula is C19H20N10O2. The molecule has 0 atom stereocenters. The van der Waals surface area contributed by atoms with Crippen LogP contribution in [-0.4, -0.2) is 72.0 Å². The Labute approximate surface area is 176 Å². The van der Waals surface area contributed by atoms with Crippen LogP contribution in [0.2, 0.25) is 0 Å². The molecule has 1 aliphatic rings. The molecule has 158 valence electrons. The SMILES string of the molecule is Cc1nc(NC(=O)N2CCOCC2)cc(-c2c(Nc3ccn[nH]3)nc3cccnn23)n1. The monoisotopic (exact) mass is 420 g/mol. The maximum absolute atomic E-state index is 12.6. The summed E-state index contributed by atoms with van der Waals surface area (Å²) < 4.78 is 6.99. The Morgan fingerprint density at radius 1 is 1.16 bits per heavy atom.